The van der Waals surface area contributed by atoms with Gasteiger partial charge < -0.3 is 10.0 Å². The van der Waals surface area contributed by atoms with E-state index in [9.17, 15) is 9.90 Å². The van der Waals surface area contributed by atoms with Crippen molar-refractivity contribution >= 4 is 5.91 Å². The molecule has 0 spiro atoms. The van der Waals surface area contributed by atoms with E-state index in [1.54, 1.807) is 18.7 Å². The van der Waals surface area contributed by atoms with Crippen LogP contribution in [0.1, 0.15) is 36.2 Å². The molecule has 88 valence electrons. The SMILES string of the molecule is Cc1nc(C(=O)N2CCCC(C)(O)C2)n[nH]1. The van der Waals surface area contributed by atoms with E-state index >= 15 is 0 Å². The lowest BCUT2D eigenvalue weighted by atomic mass is 9.95. The second-order valence-electron chi connectivity index (χ2n) is 4.57. The number of piperidine rings is 1. The predicted octanol–water partition coefficient (Wildman–Crippen LogP) is 0.100. The molecular weight excluding hydrogens is 208 g/mol. The Morgan fingerprint density at radius 1 is 1.62 bits per heavy atom. The Morgan fingerprint density at radius 3 is 2.94 bits per heavy atom. The molecule has 1 aromatic rings. The molecule has 2 rings (SSSR count). The quantitative estimate of drug-likeness (QED) is 0.708. The maximum absolute atomic E-state index is 12.0. The van der Waals surface area contributed by atoms with Crippen LogP contribution in [0.3, 0.4) is 0 Å². The Labute approximate surface area is 93.7 Å². The number of carbonyl (C=O) groups excluding carboxylic acids is 1. The molecule has 0 bridgehead atoms. The molecule has 1 aliphatic heterocycles. The first kappa shape index (κ1) is 11.1. The Morgan fingerprint density at radius 2 is 2.38 bits per heavy atom. The average molecular weight is 224 g/mol. The first-order valence-electron chi connectivity index (χ1n) is 5.39. The third-order valence-corrected chi connectivity index (χ3v) is 2.75. The summed E-state index contributed by atoms with van der Waals surface area (Å²) < 4.78 is 0. The van der Waals surface area contributed by atoms with Gasteiger partial charge in [-0.3, -0.25) is 9.89 Å². The molecule has 1 aliphatic rings. The highest BCUT2D eigenvalue weighted by atomic mass is 16.3. The fourth-order valence-corrected chi connectivity index (χ4v) is 1.97. The van der Waals surface area contributed by atoms with Gasteiger partial charge >= 0.3 is 0 Å². The van der Waals surface area contributed by atoms with Crippen molar-refractivity contribution in [3.05, 3.63) is 11.6 Å². The zero-order valence-corrected chi connectivity index (χ0v) is 9.53. The van der Waals surface area contributed by atoms with E-state index in [4.69, 9.17) is 0 Å². The van der Waals surface area contributed by atoms with Gasteiger partial charge in [-0.1, -0.05) is 0 Å². The molecule has 1 atom stereocenters. The number of aromatic nitrogens is 3. The zero-order chi connectivity index (χ0) is 11.8. The molecule has 6 heteroatoms. The maximum Gasteiger partial charge on any atom is 0.293 e. The summed E-state index contributed by atoms with van der Waals surface area (Å²) in [6, 6.07) is 0. The van der Waals surface area contributed by atoms with E-state index in [1.807, 2.05) is 0 Å². The number of carbonyl (C=O) groups is 1. The number of nitrogens with zero attached hydrogens (tertiary/aromatic N) is 3. The van der Waals surface area contributed by atoms with E-state index in [1.165, 1.54) is 0 Å². The molecule has 1 fully saturated rings. The highest BCUT2D eigenvalue weighted by Crippen LogP contribution is 2.21. The lowest BCUT2D eigenvalue weighted by Crippen LogP contribution is -2.48. The van der Waals surface area contributed by atoms with E-state index in [2.05, 4.69) is 15.2 Å². The Hall–Kier alpha value is -1.43. The number of aliphatic hydroxyl groups is 1. The average Bonchev–Trinajstić information content (AvgIpc) is 2.62. The summed E-state index contributed by atoms with van der Waals surface area (Å²) in [5, 5.41) is 16.4. The van der Waals surface area contributed by atoms with Gasteiger partial charge in [-0.05, 0) is 26.7 Å². The monoisotopic (exact) mass is 224 g/mol. The number of hydrogen-bond acceptors (Lipinski definition) is 4. The van der Waals surface area contributed by atoms with Gasteiger partial charge in [-0.2, -0.15) is 0 Å². The number of nitrogens with one attached hydrogen (secondary N) is 1. The van der Waals surface area contributed by atoms with Crippen molar-refractivity contribution < 1.29 is 9.90 Å². The number of amides is 1. The molecule has 1 unspecified atom stereocenters. The lowest BCUT2D eigenvalue weighted by Gasteiger charge is -2.36. The highest BCUT2D eigenvalue weighted by molar-refractivity contribution is 5.90. The number of rotatable bonds is 1. The summed E-state index contributed by atoms with van der Waals surface area (Å²) in [6.45, 7) is 4.49. The molecule has 0 radical (unpaired) electrons. The molecule has 6 nitrogen and oxygen atoms in total. The molecule has 16 heavy (non-hydrogen) atoms. The van der Waals surface area contributed by atoms with Crippen LogP contribution in [0, 0.1) is 6.92 Å². The van der Waals surface area contributed by atoms with Crippen LogP contribution in [0.2, 0.25) is 0 Å². The summed E-state index contributed by atoms with van der Waals surface area (Å²) in [6.07, 6.45) is 1.53. The third-order valence-electron chi connectivity index (χ3n) is 2.75. The van der Waals surface area contributed by atoms with E-state index in [0.29, 0.717) is 18.9 Å². The highest BCUT2D eigenvalue weighted by Gasteiger charge is 2.32. The number of aryl methyl sites for hydroxylation is 1. The van der Waals surface area contributed by atoms with Gasteiger partial charge in [0.25, 0.3) is 5.91 Å². The van der Waals surface area contributed by atoms with Crippen molar-refractivity contribution in [1.29, 1.82) is 0 Å². The van der Waals surface area contributed by atoms with Crippen LogP contribution in [0.5, 0.6) is 0 Å². The first-order chi connectivity index (χ1) is 7.48. The third kappa shape index (κ3) is 2.21. The van der Waals surface area contributed by atoms with Crippen molar-refractivity contribution in [2.75, 3.05) is 13.1 Å². The summed E-state index contributed by atoms with van der Waals surface area (Å²) in [5.74, 6) is 0.576. The summed E-state index contributed by atoms with van der Waals surface area (Å²) in [5.41, 5.74) is -0.792. The fraction of sp³-hybridized carbons (Fsp3) is 0.700. The largest absolute Gasteiger partial charge is 0.388 e. The number of H-pyrrole nitrogens is 1. The molecule has 1 amide bonds. The van der Waals surface area contributed by atoms with Gasteiger partial charge in [0.15, 0.2) is 0 Å². The van der Waals surface area contributed by atoms with Gasteiger partial charge in [0, 0.05) is 13.1 Å². The number of β-amino-alcohol motifs (C(OH)–C–C–N with tert-alkyl or cyclic N) is 1. The number of aromatic amines is 1. The lowest BCUT2D eigenvalue weighted by molar-refractivity contribution is -0.0111. The summed E-state index contributed by atoms with van der Waals surface area (Å²) in [4.78, 5) is 17.6. The van der Waals surface area contributed by atoms with Crippen LogP contribution in [0.25, 0.3) is 0 Å². The Bertz CT molecular complexity index is 399. The van der Waals surface area contributed by atoms with Crippen LogP contribution >= 0.6 is 0 Å². The second-order valence-corrected chi connectivity index (χ2v) is 4.57. The minimum Gasteiger partial charge on any atom is -0.388 e. The van der Waals surface area contributed by atoms with Gasteiger partial charge in [0.1, 0.15) is 5.82 Å². The van der Waals surface area contributed by atoms with Crippen molar-refractivity contribution in [2.45, 2.75) is 32.3 Å². The van der Waals surface area contributed by atoms with Crippen molar-refractivity contribution in [1.82, 2.24) is 20.1 Å². The van der Waals surface area contributed by atoms with Crippen molar-refractivity contribution in [2.24, 2.45) is 0 Å². The minimum atomic E-state index is -0.792. The van der Waals surface area contributed by atoms with Crippen molar-refractivity contribution in [3.63, 3.8) is 0 Å². The van der Waals surface area contributed by atoms with Crippen LogP contribution in [-0.4, -0.2) is 49.8 Å². The summed E-state index contributed by atoms with van der Waals surface area (Å²) in [7, 11) is 0. The molecule has 0 saturated carbocycles. The van der Waals surface area contributed by atoms with Gasteiger partial charge in [0.2, 0.25) is 5.82 Å². The van der Waals surface area contributed by atoms with Crippen LogP contribution in [0.15, 0.2) is 0 Å². The maximum atomic E-state index is 12.0. The Kier molecular flexibility index (Phi) is 2.67. The van der Waals surface area contributed by atoms with E-state index < -0.39 is 5.60 Å². The van der Waals surface area contributed by atoms with E-state index in [-0.39, 0.29) is 11.7 Å². The molecule has 0 aliphatic carbocycles. The van der Waals surface area contributed by atoms with Crippen molar-refractivity contribution in [3.8, 4) is 0 Å². The van der Waals surface area contributed by atoms with Crippen LogP contribution < -0.4 is 0 Å². The number of hydrogen-bond donors (Lipinski definition) is 2. The second kappa shape index (κ2) is 3.86. The van der Waals surface area contributed by atoms with Crippen LogP contribution in [0.4, 0.5) is 0 Å². The summed E-state index contributed by atoms with van der Waals surface area (Å²) >= 11 is 0. The molecule has 1 saturated heterocycles. The molecule has 0 aromatic carbocycles. The molecule has 2 heterocycles. The minimum absolute atomic E-state index is 0.176. The topological polar surface area (TPSA) is 82.1 Å². The normalized spacial score (nSPS) is 25.8. The van der Waals surface area contributed by atoms with Crippen LogP contribution in [-0.2, 0) is 0 Å². The molecule has 1 aromatic heterocycles. The molecule has 2 N–H and O–H groups in total. The van der Waals surface area contributed by atoms with Gasteiger partial charge in [0.05, 0.1) is 5.60 Å². The standard InChI is InChI=1S/C10H16N4O2/c1-7-11-8(13-12-7)9(15)14-5-3-4-10(2,16)6-14/h16H,3-6H2,1-2H3,(H,11,12,13). The molecular formula is C10H16N4O2. The van der Waals surface area contributed by atoms with E-state index in [0.717, 1.165) is 12.8 Å². The van der Waals surface area contributed by atoms with Gasteiger partial charge in [-0.15, -0.1) is 5.10 Å². The number of likely N-dealkylation sites (tertiary alicyclic amines) is 1. The Balaban J connectivity index is 2.10. The predicted molar refractivity (Wildman–Crippen MR) is 56.9 cm³/mol. The fourth-order valence-electron chi connectivity index (χ4n) is 1.97. The van der Waals surface area contributed by atoms with Gasteiger partial charge in [-0.25, -0.2) is 4.98 Å². The smallest absolute Gasteiger partial charge is 0.293 e. The first-order valence-corrected chi connectivity index (χ1v) is 5.39. The zero-order valence-electron chi connectivity index (χ0n) is 9.53.